The molecule has 0 saturated carbocycles. The first kappa shape index (κ1) is 23.0. The van der Waals surface area contributed by atoms with Gasteiger partial charge in [0.05, 0.1) is 11.7 Å². The summed E-state index contributed by atoms with van der Waals surface area (Å²) in [5.41, 5.74) is 3.78. The van der Waals surface area contributed by atoms with Crippen molar-refractivity contribution >= 4 is 34.3 Å². The van der Waals surface area contributed by atoms with Gasteiger partial charge in [-0.2, -0.15) is 5.10 Å². The van der Waals surface area contributed by atoms with Crippen LogP contribution in [0.5, 0.6) is 0 Å². The van der Waals surface area contributed by atoms with Crippen LogP contribution in [0.15, 0.2) is 12.1 Å². The largest absolute Gasteiger partial charge is 0.329 e. The number of nitrogens with zero attached hydrogens (tertiary/aromatic N) is 7. The summed E-state index contributed by atoms with van der Waals surface area (Å²) in [6.45, 7) is 8.64. The molecule has 1 aliphatic heterocycles. The zero-order valence-corrected chi connectivity index (χ0v) is 20.6. The number of amides is 1. The van der Waals surface area contributed by atoms with E-state index < -0.39 is 0 Å². The van der Waals surface area contributed by atoms with Gasteiger partial charge in [0.15, 0.2) is 5.82 Å². The molecule has 1 unspecified atom stereocenters. The smallest absolute Gasteiger partial charge is 0.247 e. The van der Waals surface area contributed by atoms with E-state index in [0.29, 0.717) is 23.3 Å². The van der Waals surface area contributed by atoms with E-state index in [4.69, 9.17) is 4.98 Å². The fourth-order valence-electron chi connectivity index (χ4n) is 4.11. The molecule has 3 aromatic rings. The van der Waals surface area contributed by atoms with Crippen LogP contribution in [0.1, 0.15) is 65.7 Å². The van der Waals surface area contributed by atoms with Crippen LogP contribution in [-0.2, 0) is 18.3 Å². The lowest BCUT2D eigenvalue weighted by Gasteiger charge is -2.34. The van der Waals surface area contributed by atoms with E-state index in [1.165, 1.54) is 11.3 Å². The molecule has 33 heavy (non-hydrogen) atoms. The lowest BCUT2D eigenvalue weighted by molar-refractivity contribution is -0.129. The van der Waals surface area contributed by atoms with Crippen molar-refractivity contribution in [2.24, 2.45) is 7.05 Å². The average Bonchev–Trinajstić information content (AvgIpc) is 3.35. The molecule has 4 heterocycles. The maximum Gasteiger partial charge on any atom is 0.247 e. The second kappa shape index (κ2) is 9.78. The Kier molecular flexibility index (Phi) is 6.83. The van der Waals surface area contributed by atoms with Gasteiger partial charge in [0.1, 0.15) is 10.8 Å². The Morgan fingerprint density at radius 3 is 2.76 bits per heavy atom. The molecule has 1 atom stereocenters. The Labute approximate surface area is 198 Å². The quantitative estimate of drug-likeness (QED) is 0.547. The summed E-state index contributed by atoms with van der Waals surface area (Å²) in [4.78, 5) is 24.5. The highest BCUT2D eigenvalue weighted by Crippen LogP contribution is 2.31. The molecule has 174 valence electrons. The number of aryl methyl sites for hydroxylation is 4. The summed E-state index contributed by atoms with van der Waals surface area (Å²) in [7, 11) is 1.91. The number of likely N-dealkylation sites (tertiary alicyclic amines) is 1. The van der Waals surface area contributed by atoms with Gasteiger partial charge in [0.2, 0.25) is 11.0 Å². The Hall–Kier alpha value is -3.14. The number of hydrogen-bond acceptors (Lipinski definition) is 8. The molecule has 9 nitrogen and oxygen atoms in total. The number of anilines is 2. The molecule has 0 spiro atoms. The van der Waals surface area contributed by atoms with Crippen molar-refractivity contribution in [2.45, 2.75) is 59.4 Å². The van der Waals surface area contributed by atoms with E-state index >= 15 is 0 Å². The molecule has 3 aromatic heterocycles. The van der Waals surface area contributed by atoms with Crippen molar-refractivity contribution < 1.29 is 4.79 Å². The SMILES string of the molecule is CCc1nnc(Nc2cc(C)nc(C3CCCCN3C(=O)C=Cc3c(C)nn(C)c3C)n2)s1. The Morgan fingerprint density at radius 1 is 1.24 bits per heavy atom. The lowest BCUT2D eigenvalue weighted by Crippen LogP contribution is -2.38. The van der Waals surface area contributed by atoms with Gasteiger partial charge < -0.3 is 10.2 Å². The van der Waals surface area contributed by atoms with Crippen molar-refractivity contribution in [3.63, 3.8) is 0 Å². The predicted octanol–water partition coefficient (Wildman–Crippen LogP) is 4.06. The van der Waals surface area contributed by atoms with Crippen molar-refractivity contribution in [2.75, 3.05) is 11.9 Å². The molecule has 0 bridgehead atoms. The maximum atomic E-state index is 13.2. The first-order valence-corrected chi connectivity index (χ1v) is 12.1. The summed E-state index contributed by atoms with van der Waals surface area (Å²) < 4.78 is 1.83. The zero-order valence-electron chi connectivity index (χ0n) is 19.8. The fraction of sp³-hybridized carbons (Fsp3) is 0.478. The first-order chi connectivity index (χ1) is 15.9. The highest BCUT2D eigenvalue weighted by atomic mass is 32.1. The molecule has 1 aliphatic rings. The summed E-state index contributed by atoms with van der Waals surface area (Å²) in [5, 5.41) is 17.7. The minimum atomic E-state index is -0.159. The molecule has 1 fully saturated rings. The third-order valence-electron chi connectivity index (χ3n) is 5.92. The second-order valence-electron chi connectivity index (χ2n) is 8.32. The standard InChI is InChI=1S/C23H30N8OS/c1-6-20-27-28-23(33-20)26-19-13-14(2)24-22(25-19)18-9-7-8-12-31(18)21(32)11-10-17-15(3)29-30(5)16(17)4/h10-11,13,18H,6-9,12H2,1-5H3,(H,24,25,26,28). The molecular formula is C23H30N8OS. The number of hydrogen-bond donors (Lipinski definition) is 1. The highest BCUT2D eigenvalue weighted by molar-refractivity contribution is 7.15. The summed E-state index contributed by atoms with van der Waals surface area (Å²) in [6, 6.07) is 1.73. The van der Waals surface area contributed by atoms with Gasteiger partial charge in [-0.05, 0) is 52.5 Å². The normalized spacial score (nSPS) is 16.5. The average molecular weight is 467 g/mol. The van der Waals surface area contributed by atoms with Crippen LogP contribution in [0, 0.1) is 20.8 Å². The minimum absolute atomic E-state index is 0.0290. The Morgan fingerprint density at radius 2 is 2.06 bits per heavy atom. The molecule has 1 saturated heterocycles. The molecule has 1 N–H and O–H groups in total. The van der Waals surface area contributed by atoms with Gasteiger partial charge in [-0.1, -0.05) is 18.3 Å². The second-order valence-corrected chi connectivity index (χ2v) is 9.38. The van der Waals surface area contributed by atoms with E-state index in [-0.39, 0.29) is 11.9 Å². The third-order valence-corrected chi connectivity index (χ3v) is 6.90. The number of aromatic nitrogens is 6. The van der Waals surface area contributed by atoms with Crippen LogP contribution in [0.2, 0.25) is 0 Å². The van der Waals surface area contributed by atoms with Gasteiger partial charge in [0, 0.05) is 42.7 Å². The van der Waals surface area contributed by atoms with Crippen molar-refractivity contribution in [1.29, 1.82) is 0 Å². The molecule has 4 rings (SSSR count). The van der Waals surface area contributed by atoms with Crippen molar-refractivity contribution in [3.05, 3.63) is 45.6 Å². The van der Waals surface area contributed by atoms with Gasteiger partial charge in [-0.25, -0.2) is 9.97 Å². The minimum Gasteiger partial charge on any atom is -0.329 e. The van der Waals surface area contributed by atoms with Gasteiger partial charge >= 0.3 is 0 Å². The Balaban J connectivity index is 1.56. The first-order valence-electron chi connectivity index (χ1n) is 11.3. The van der Waals surface area contributed by atoms with Crippen LogP contribution < -0.4 is 5.32 Å². The van der Waals surface area contributed by atoms with E-state index in [2.05, 4.69) is 32.5 Å². The number of carbonyl (C=O) groups is 1. The summed E-state index contributed by atoms with van der Waals surface area (Å²) in [6.07, 6.45) is 7.22. The van der Waals surface area contributed by atoms with E-state index in [1.54, 1.807) is 6.08 Å². The third kappa shape index (κ3) is 5.11. The van der Waals surface area contributed by atoms with Crippen molar-refractivity contribution in [1.82, 2.24) is 34.8 Å². The summed E-state index contributed by atoms with van der Waals surface area (Å²) >= 11 is 1.51. The molecule has 10 heteroatoms. The van der Waals surface area contributed by atoms with Crippen LogP contribution >= 0.6 is 11.3 Å². The highest BCUT2D eigenvalue weighted by Gasteiger charge is 2.29. The van der Waals surface area contributed by atoms with Crippen molar-refractivity contribution in [3.8, 4) is 0 Å². The topological polar surface area (TPSA) is 102 Å². The predicted molar refractivity (Wildman–Crippen MR) is 129 cm³/mol. The molecular weight excluding hydrogens is 436 g/mol. The molecule has 1 amide bonds. The van der Waals surface area contributed by atoms with Gasteiger partial charge in [0.25, 0.3) is 0 Å². The van der Waals surface area contributed by atoms with E-state index in [1.807, 2.05) is 49.5 Å². The summed E-state index contributed by atoms with van der Waals surface area (Å²) in [5.74, 6) is 1.30. The number of rotatable bonds is 6. The molecule has 0 aromatic carbocycles. The van der Waals surface area contributed by atoms with E-state index in [0.717, 1.165) is 53.3 Å². The number of piperidine rings is 1. The number of nitrogens with one attached hydrogen (secondary N) is 1. The molecule has 0 radical (unpaired) electrons. The molecule has 0 aliphatic carbocycles. The van der Waals surface area contributed by atoms with Crippen LogP contribution in [0.4, 0.5) is 10.9 Å². The van der Waals surface area contributed by atoms with Crippen LogP contribution in [0.25, 0.3) is 6.08 Å². The van der Waals surface area contributed by atoms with E-state index in [9.17, 15) is 4.79 Å². The van der Waals surface area contributed by atoms with Crippen LogP contribution in [0.3, 0.4) is 0 Å². The lowest BCUT2D eigenvalue weighted by atomic mass is 10.0. The fourth-order valence-corrected chi connectivity index (χ4v) is 4.79. The Bertz CT molecular complexity index is 1180. The van der Waals surface area contributed by atoms with Crippen LogP contribution in [-0.4, -0.2) is 47.3 Å². The zero-order chi connectivity index (χ0) is 23.5. The monoisotopic (exact) mass is 466 g/mol. The number of carbonyl (C=O) groups excluding carboxylic acids is 1. The van der Waals surface area contributed by atoms with Gasteiger partial charge in [-0.15, -0.1) is 10.2 Å². The maximum absolute atomic E-state index is 13.2. The van der Waals surface area contributed by atoms with Gasteiger partial charge in [-0.3, -0.25) is 9.48 Å².